The van der Waals surface area contributed by atoms with Crippen molar-refractivity contribution in [2.24, 2.45) is 0 Å². The van der Waals surface area contributed by atoms with Gasteiger partial charge in [-0.15, -0.1) is 0 Å². The van der Waals surface area contributed by atoms with Crippen molar-refractivity contribution in [1.29, 1.82) is 0 Å². The molecule has 0 aliphatic heterocycles. The molecule has 0 aliphatic carbocycles. The molecule has 0 amide bonds. The summed E-state index contributed by atoms with van der Waals surface area (Å²) in [5.41, 5.74) is 0. The van der Waals surface area contributed by atoms with Gasteiger partial charge in [-0.2, -0.15) is 0 Å². The van der Waals surface area contributed by atoms with Crippen LogP contribution in [-0.2, 0) is 28.6 Å². The first kappa shape index (κ1) is 64.8. The Balaban J connectivity index is 4.42. The lowest BCUT2D eigenvalue weighted by Gasteiger charge is -2.18. The molecular formula is C62H108O6. The molecule has 68 heavy (non-hydrogen) atoms. The lowest BCUT2D eigenvalue weighted by molar-refractivity contribution is -0.167. The Labute approximate surface area is 421 Å². The summed E-state index contributed by atoms with van der Waals surface area (Å²) in [7, 11) is 0. The number of unbranched alkanes of at least 4 members (excludes halogenated alkanes) is 31. The predicted octanol–water partition coefficient (Wildman–Crippen LogP) is 19.4. The second-order valence-corrected chi connectivity index (χ2v) is 19.2. The Kier molecular flexibility index (Phi) is 53.8. The van der Waals surface area contributed by atoms with E-state index in [4.69, 9.17) is 14.2 Å². The second kappa shape index (κ2) is 56.4. The Morgan fingerprint density at radius 3 is 1.01 bits per heavy atom. The topological polar surface area (TPSA) is 78.9 Å². The van der Waals surface area contributed by atoms with Crippen molar-refractivity contribution >= 4 is 17.9 Å². The van der Waals surface area contributed by atoms with Crippen molar-refractivity contribution in [2.75, 3.05) is 13.2 Å². The maximum absolute atomic E-state index is 12.9. The molecule has 0 fully saturated rings. The minimum Gasteiger partial charge on any atom is -0.462 e. The largest absolute Gasteiger partial charge is 0.462 e. The van der Waals surface area contributed by atoms with Crippen LogP contribution in [0.5, 0.6) is 0 Å². The first-order chi connectivity index (χ1) is 33.5. The highest BCUT2D eigenvalue weighted by molar-refractivity contribution is 5.71. The maximum Gasteiger partial charge on any atom is 0.306 e. The van der Waals surface area contributed by atoms with Crippen LogP contribution < -0.4 is 0 Å². The molecular weight excluding hydrogens is 841 g/mol. The van der Waals surface area contributed by atoms with Gasteiger partial charge in [0.1, 0.15) is 13.2 Å². The van der Waals surface area contributed by atoms with E-state index in [0.717, 1.165) is 109 Å². The summed E-state index contributed by atoms with van der Waals surface area (Å²) in [6, 6.07) is 0. The molecule has 0 aromatic carbocycles. The highest BCUT2D eigenvalue weighted by Crippen LogP contribution is 2.16. The van der Waals surface area contributed by atoms with E-state index in [9.17, 15) is 14.4 Å². The second-order valence-electron chi connectivity index (χ2n) is 19.2. The smallest absolute Gasteiger partial charge is 0.306 e. The van der Waals surface area contributed by atoms with Crippen molar-refractivity contribution in [2.45, 2.75) is 290 Å². The average molecular weight is 950 g/mol. The fourth-order valence-corrected chi connectivity index (χ4v) is 8.17. The summed E-state index contributed by atoms with van der Waals surface area (Å²) in [6.45, 7) is 6.50. The van der Waals surface area contributed by atoms with E-state index < -0.39 is 6.10 Å². The first-order valence-electron chi connectivity index (χ1n) is 29.0. The highest BCUT2D eigenvalue weighted by Gasteiger charge is 2.19. The van der Waals surface area contributed by atoms with E-state index in [-0.39, 0.29) is 31.1 Å². The lowest BCUT2D eigenvalue weighted by Crippen LogP contribution is -2.30. The standard InChI is InChI=1S/C62H108O6/c1-4-7-10-13-16-19-22-25-28-30-32-34-37-40-43-46-49-52-55-61(64)67-58-59(57-66-60(63)54-51-48-45-42-39-36-27-24-21-18-15-12-9-6-3)68-62(65)56-53-50-47-44-41-38-35-33-31-29-26-23-20-17-14-11-8-5-2/h9,12,18,21-22,25,27-28,30,32,34,36,59H,4-8,10-11,13-17,19-20,23-24,26,29,31,33,35,37-58H2,1-3H3/b12-9-,21-18-,25-22-,30-28-,34-32-,36-27-. The number of hydrogen-bond donors (Lipinski definition) is 0. The molecule has 0 bridgehead atoms. The third kappa shape index (κ3) is 53.8. The van der Waals surface area contributed by atoms with Crippen LogP contribution in [0.1, 0.15) is 284 Å². The number of rotatable bonds is 52. The number of carbonyl (C=O) groups excluding carboxylic acids is 3. The van der Waals surface area contributed by atoms with Crippen LogP contribution >= 0.6 is 0 Å². The van der Waals surface area contributed by atoms with E-state index >= 15 is 0 Å². The number of ether oxygens (including phenoxy) is 3. The van der Waals surface area contributed by atoms with Crippen LogP contribution in [0, 0.1) is 0 Å². The average Bonchev–Trinajstić information content (AvgIpc) is 3.34. The molecule has 392 valence electrons. The van der Waals surface area contributed by atoms with Crippen LogP contribution in [0.25, 0.3) is 0 Å². The van der Waals surface area contributed by atoms with Crippen LogP contribution in [0.2, 0.25) is 0 Å². The van der Waals surface area contributed by atoms with Gasteiger partial charge in [-0.05, 0) is 77.0 Å². The molecule has 6 heteroatoms. The SMILES string of the molecule is CC/C=C\C/C=C\C/C=C\CCCCCCC(=O)OCC(COC(=O)CCCCCCC\C=C/C=C\C=C/CCCCCCC)OC(=O)CCCCCCCCCCCCCCCCCCCC. The number of carbonyl (C=O) groups is 3. The van der Waals surface area contributed by atoms with Crippen molar-refractivity contribution in [3.05, 3.63) is 72.9 Å². The Bertz CT molecular complexity index is 1270. The molecule has 0 saturated carbocycles. The van der Waals surface area contributed by atoms with Gasteiger partial charge in [0.2, 0.25) is 0 Å². The van der Waals surface area contributed by atoms with Gasteiger partial charge >= 0.3 is 17.9 Å². The number of hydrogen-bond acceptors (Lipinski definition) is 6. The molecule has 0 aromatic rings. The summed E-state index contributed by atoms with van der Waals surface area (Å²) in [5.74, 6) is -0.921. The van der Waals surface area contributed by atoms with Gasteiger partial charge < -0.3 is 14.2 Å². The van der Waals surface area contributed by atoms with Gasteiger partial charge in [-0.25, -0.2) is 0 Å². The van der Waals surface area contributed by atoms with E-state index in [2.05, 4.69) is 93.7 Å². The van der Waals surface area contributed by atoms with E-state index in [0.29, 0.717) is 19.3 Å². The lowest BCUT2D eigenvalue weighted by atomic mass is 10.0. The van der Waals surface area contributed by atoms with Crippen molar-refractivity contribution in [3.8, 4) is 0 Å². The third-order valence-corrected chi connectivity index (χ3v) is 12.5. The summed E-state index contributed by atoms with van der Waals surface area (Å²) < 4.78 is 16.8. The third-order valence-electron chi connectivity index (χ3n) is 12.5. The van der Waals surface area contributed by atoms with Gasteiger partial charge in [0.15, 0.2) is 6.10 Å². The highest BCUT2D eigenvalue weighted by atomic mass is 16.6. The van der Waals surface area contributed by atoms with Crippen LogP contribution in [0.15, 0.2) is 72.9 Å². The summed E-state index contributed by atoms with van der Waals surface area (Å²) in [6.07, 6.45) is 71.8. The molecule has 0 N–H and O–H groups in total. The minimum absolute atomic E-state index is 0.0915. The molecule has 0 radical (unpaired) electrons. The Morgan fingerprint density at radius 2 is 0.632 bits per heavy atom. The molecule has 6 nitrogen and oxygen atoms in total. The zero-order chi connectivity index (χ0) is 49.3. The quantitative estimate of drug-likeness (QED) is 0.0199. The van der Waals surface area contributed by atoms with Crippen molar-refractivity contribution < 1.29 is 28.6 Å². The Morgan fingerprint density at radius 1 is 0.324 bits per heavy atom. The number of allylic oxidation sites excluding steroid dienone is 12. The van der Waals surface area contributed by atoms with Gasteiger partial charge in [-0.3, -0.25) is 14.4 Å². The van der Waals surface area contributed by atoms with Crippen molar-refractivity contribution in [1.82, 2.24) is 0 Å². The van der Waals surface area contributed by atoms with Crippen LogP contribution in [0.4, 0.5) is 0 Å². The number of esters is 3. The van der Waals surface area contributed by atoms with Crippen LogP contribution in [0.3, 0.4) is 0 Å². The van der Waals surface area contributed by atoms with Gasteiger partial charge in [0.25, 0.3) is 0 Å². The maximum atomic E-state index is 12.9. The van der Waals surface area contributed by atoms with Crippen molar-refractivity contribution in [3.63, 3.8) is 0 Å². The van der Waals surface area contributed by atoms with Gasteiger partial charge in [0, 0.05) is 19.3 Å². The zero-order valence-electron chi connectivity index (χ0n) is 44.9. The normalized spacial score (nSPS) is 12.6. The fourth-order valence-electron chi connectivity index (χ4n) is 8.17. The monoisotopic (exact) mass is 949 g/mol. The van der Waals surface area contributed by atoms with Crippen LogP contribution in [-0.4, -0.2) is 37.2 Å². The van der Waals surface area contributed by atoms with E-state index in [1.165, 1.54) is 135 Å². The predicted molar refractivity (Wildman–Crippen MR) is 293 cm³/mol. The summed E-state index contributed by atoms with van der Waals surface area (Å²) in [4.78, 5) is 38.2. The molecule has 1 unspecified atom stereocenters. The molecule has 0 rings (SSSR count). The summed E-state index contributed by atoms with van der Waals surface area (Å²) in [5, 5.41) is 0. The molecule has 0 saturated heterocycles. The fraction of sp³-hybridized carbons (Fsp3) is 0.758. The molecule has 0 aliphatic rings. The molecule has 0 spiro atoms. The Hall–Kier alpha value is -3.15. The van der Waals surface area contributed by atoms with E-state index in [1.807, 2.05) is 0 Å². The van der Waals surface area contributed by atoms with E-state index in [1.54, 1.807) is 0 Å². The minimum atomic E-state index is -0.792. The van der Waals surface area contributed by atoms with Gasteiger partial charge in [-0.1, -0.05) is 261 Å². The molecule has 0 heterocycles. The molecule has 1 atom stereocenters. The summed E-state index contributed by atoms with van der Waals surface area (Å²) >= 11 is 0. The molecule has 0 aromatic heterocycles. The first-order valence-corrected chi connectivity index (χ1v) is 29.0. The zero-order valence-corrected chi connectivity index (χ0v) is 44.9. The van der Waals surface area contributed by atoms with Gasteiger partial charge in [0.05, 0.1) is 0 Å².